The van der Waals surface area contributed by atoms with Gasteiger partial charge in [0.05, 0.1) is 18.2 Å². The molecule has 0 fully saturated rings. The van der Waals surface area contributed by atoms with Gasteiger partial charge in [0.2, 0.25) is 0 Å². The van der Waals surface area contributed by atoms with Gasteiger partial charge in [0.25, 0.3) is 0 Å². The molecule has 0 amide bonds. The molecule has 4 nitrogen and oxygen atoms in total. The number of nitriles is 1. The molecule has 0 aliphatic carbocycles. The predicted molar refractivity (Wildman–Crippen MR) is 72.5 cm³/mol. The topological polar surface area (TPSA) is 62.5 Å². The fourth-order valence-corrected chi connectivity index (χ4v) is 3.13. The molecule has 0 radical (unpaired) electrons. The van der Waals surface area contributed by atoms with E-state index in [1.807, 2.05) is 25.3 Å². The van der Waals surface area contributed by atoms with Gasteiger partial charge < -0.3 is 0 Å². The van der Waals surface area contributed by atoms with Crippen LogP contribution in [0.25, 0.3) is 0 Å². The predicted octanol–water partition coefficient (Wildman–Crippen LogP) is 2.91. The van der Waals surface area contributed by atoms with Crippen molar-refractivity contribution in [3.63, 3.8) is 0 Å². The second-order valence-corrected chi connectivity index (χ2v) is 5.67. The number of hydrogen-bond acceptors (Lipinski definition) is 6. The van der Waals surface area contributed by atoms with E-state index >= 15 is 0 Å². The summed E-state index contributed by atoms with van der Waals surface area (Å²) in [6.07, 6.45) is 0.384. The highest BCUT2D eigenvalue weighted by Crippen LogP contribution is 2.21. The minimum Gasteiger partial charge on any atom is -0.244 e. The Morgan fingerprint density at radius 2 is 2.00 bits per heavy atom. The minimum atomic E-state index is 0.384. The smallest absolute Gasteiger partial charge is 0.188 e. The maximum atomic E-state index is 8.59. The van der Waals surface area contributed by atoms with E-state index in [9.17, 15) is 0 Å². The molecule has 0 atom stereocenters. The lowest BCUT2D eigenvalue weighted by Crippen LogP contribution is -1.93. The van der Waals surface area contributed by atoms with Crippen LogP contribution in [-0.4, -0.2) is 15.0 Å². The molecule has 0 unspecified atom stereocenters. The van der Waals surface area contributed by atoms with E-state index in [0.717, 1.165) is 33.0 Å². The molecule has 0 saturated carbocycles. The highest BCUT2D eigenvalue weighted by atomic mass is 32.2. The number of thiazole rings is 1. The van der Waals surface area contributed by atoms with E-state index in [-0.39, 0.29) is 0 Å². The largest absolute Gasteiger partial charge is 0.244 e. The fourth-order valence-electron chi connectivity index (χ4n) is 1.46. The van der Waals surface area contributed by atoms with E-state index in [2.05, 4.69) is 21.0 Å². The van der Waals surface area contributed by atoms with Gasteiger partial charge >= 0.3 is 0 Å². The second-order valence-electron chi connectivity index (χ2n) is 3.79. The van der Waals surface area contributed by atoms with Crippen molar-refractivity contribution in [2.45, 2.75) is 31.2 Å². The Balaban J connectivity index is 2.00. The number of thioether (sulfide) groups is 1. The molecule has 0 aromatic carbocycles. The SMILES string of the molecule is Cc1cc(C)nc(SCc2csc(CC#N)n2)n1. The van der Waals surface area contributed by atoms with E-state index < -0.39 is 0 Å². The van der Waals surface area contributed by atoms with Gasteiger partial charge in [-0.2, -0.15) is 5.26 Å². The molecule has 0 spiro atoms. The van der Waals surface area contributed by atoms with Crippen LogP contribution in [-0.2, 0) is 12.2 Å². The molecular weight excluding hydrogens is 264 g/mol. The third-order valence-electron chi connectivity index (χ3n) is 2.14. The van der Waals surface area contributed by atoms with Crippen LogP contribution in [0.2, 0.25) is 0 Å². The fraction of sp³-hybridized carbons (Fsp3) is 0.333. The Bertz CT molecular complexity index is 566. The van der Waals surface area contributed by atoms with E-state index in [1.54, 1.807) is 11.8 Å². The lowest BCUT2D eigenvalue weighted by molar-refractivity contribution is 0.901. The molecule has 0 N–H and O–H groups in total. The first-order valence-electron chi connectivity index (χ1n) is 5.42. The monoisotopic (exact) mass is 276 g/mol. The molecule has 2 aromatic heterocycles. The molecular formula is C12H12N4S2. The Kier molecular flexibility index (Phi) is 4.28. The average Bonchev–Trinajstić information content (AvgIpc) is 2.74. The van der Waals surface area contributed by atoms with Gasteiger partial charge in [-0.05, 0) is 19.9 Å². The quantitative estimate of drug-likeness (QED) is 0.634. The average molecular weight is 276 g/mol. The summed E-state index contributed by atoms with van der Waals surface area (Å²) in [5.74, 6) is 0.741. The summed E-state index contributed by atoms with van der Waals surface area (Å²) in [7, 11) is 0. The van der Waals surface area contributed by atoms with E-state index in [4.69, 9.17) is 5.26 Å². The van der Waals surface area contributed by atoms with Crippen molar-refractivity contribution in [1.82, 2.24) is 15.0 Å². The molecule has 2 rings (SSSR count). The maximum Gasteiger partial charge on any atom is 0.188 e. The van der Waals surface area contributed by atoms with E-state index in [0.29, 0.717) is 6.42 Å². The lowest BCUT2D eigenvalue weighted by Gasteiger charge is -2.01. The number of hydrogen-bond donors (Lipinski definition) is 0. The third-order valence-corrected chi connectivity index (χ3v) is 3.92. The van der Waals surface area contributed by atoms with Crippen molar-refractivity contribution < 1.29 is 0 Å². The van der Waals surface area contributed by atoms with E-state index in [1.165, 1.54) is 11.3 Å². The summed E-state index contributed by atoms with van der Waals surface area (Å²) in [5, 5.41) is 12.2. The van der Waals surface area contributed by atoms with Crippen molar-refractivity contribution in [1.29, 1.82) is 5.26 Å². The molecule has 6 heteroatoms. The van der Waals surface area contributed by atoms with Gasteiger partial charge in [0.15, 0.2) is 5.16 Å². The van der Waals surface area contributed by atoms with Gasteiger partial charge in [0, 0.05) is 22.5 Å². The molecule has 2 heterocycles. The highest BCUT2D eigenvalue weighted by molar-refractivity contribution is 7.98. The summed E-state index contributed by atoms with van der Waals surface area (Å²) in [5.41, 5.74) is 2.94. The normalized spacial score (nSPS) is 10.3. The van der Waals surface area contributed by atoms with Crippen LogP contribution in [0, 0.1) is 25.2 Å². The zero-order chi connectivity index (χ0) is 13.0. The van der Waals surface area contributed by atoms with Crippen LogP contribution >= 0.6 is 23.1 Å². The van der Waals surface area contributed by atoms with Gasteiger partial charge in [-0.1, -0.05) is 11.8 Å². The summed E-state index contributed by atoms with van der Waals surface area (Å²) in [6, 6.07) is 4.06. The number of nitrogens with zero attached hydrogens (tertiary/aromatic N) is 4. The van der Waals surface area contributed by atoms with Gasteiger partial charge in [-0.3, -0.25) is 0 Å². The first-order valence-corrected chi connectivity index (χ1v) is 7.29. The number of rotatable bonds is 4. The first-order chi connectivity index (χ1) is 8.67. The van der Waals surface area contributed by atoms with Crippen LogP contribution in [0.5, 0.6) is 0 Å². The molecule has 92 valence electrons. The Hall–Kier alpha value is -1.45. The Morgan fingerprint density at radius 3 is 2.67 bits per heavy atom. The van der Waals surface area contributed by atoms with Crippen LogP contribution in [0.4, 0.5) is 0 Å². The molecule has 0 aliphatic rings. The van der Waals surface area contributed by atoms with Crippen molar-refractivity contribution in [2.75, 3.05) is 0 Å². The van der Waals surface area contributed by atoms with Crippen LogP contribution < -0.4 is 0 Å². The summed E-state index contributed by atoms with van der Waals surface area (Å²) >= 11 is 3.10. The zero-order valence-corrected chi connectivity index (χ0v) is 11.8. The minimum absolute atomic E-state index is 0.384. The van der Waals surface area contributed by atoms with Crippen molar-refractivity contribution in [2.24, 2.45) is 0 Å². The summed E-state index contributed by atoms with van der Waals surface area (Å²) < 4.78 is 0. The molecule has 0 aliphatic heterocycles. The van der Waals surface area contributed by atoms with Crippen molar-refractivity contribution in [3.05, 3.63) is 33.5 Å². The van der Waals surface area contributed by atoms with Crippen LogP contribution in [0.1, 0.15) is 22.1 Å². The third kappa shape index (κ3) is 3.52. The molecule has 0 bridgehead atoms. The first kappa shape index (κ1) is 13.0. The summed E-state index contributed by atoms with van der Waals surface area (Å²) in [6.45, 7) is 3.93. The van der Waals surface area contributed by atoms with Gasteiger partial charge in [-0.25, -0.2) is 15.0 Å². The van der Waals surface area contributed by atoms with Crippen molar-refractivity contribution in [3.8, 4) is 6.07 Å². The number of aryl methyl sites for hydroxylation is 2. The van der Waals surface area contributed by atoms with Crippen LogP contribution in [0.3, 0.4) is 0 Å². The highest BCUT2D eigenvalue weighted by Gasteiger charge is 2.05. The zero-order valence-electron chi connectivity index (χ0n) is 10.2. The second kappa shape index (κ2) is 5.94. The Morgan fingerprint density at radius 1 is 1.28 bits per heavy atom. The standard InChI is InChI=1S/C12H12N4S2/c1-8-5-9(2)15-12(14-8)18-7-10-6-17-11(16-10)3-4-13/h5-6H,3,7H2,1-2H3. The van der Waals surface area contributed by atoms with Crippen LogP contribution in [0.15, 0.2) is 16.6 Å². The molecule has 18 heavy (non-hydrogen) atoms. The summed E-state index contributed by atoms with van der Waals surface area (Å²) in [4.78, 5) is 13.1. The number of aromatic nitrogens is 3. The van der Waals surface area contributed by atoms with Crippen molar-refractivity contribution >= 4 is 23.1 Å². The molecule has 0 saturated heterocycles. The maximum absolute atomic E-state index is 8.59. The van der Waals surface area contributed by atoms with Gasteiger partial charge in [0.1, 0.15) is 5.01 Å². The van der Waals surface area contributed by atoms with Gasteiger partial charge in [-0.15, -0.1) is 11.3 Å². The molecule has 2 aromatic rings. The Labute approximate surface area is 114 Å². The lowest BCUT2D eigenvalue weighted by atomic mass is 10.4.